The van der Waals surface area contributed by atoms with Gasteiger partial charge in [-0.3, -0.25) is 0 Å². The standard InChI is InChI=1S/C14H16F3N3/c15-10-4-7(5-11(16)13(10)17)9-6-12(9)20-14(18)19-8-2-1-3-8/h4-5,8-9,12H,1-3,6H2,(H3,18,19,20)/t9-,12+/m0/s1. The van der Waals surface area contributed by atoms with Crippen LogP contribution in [-0.4, -0.2) is 18.0 Å². The van der Waals surface area contributed by atoms with E-state index in [4.69, 9.17) is 5.73 Å². The molecule has 20 heavy (non-hydrogen) atoms. The van der Waals surface area contributed by atoms with E-state index in [-0.39, 0.29) is 12.0 Å². The van der Waals surface area contributed by atoms with Gasteiger partial charge < -0.3 is 11.1 Å². The van der Waals surface area contributed by atoms with Crippen molar-refractivity contribution in [3.63, 3.8) is 0 Å². The van der Waals surface area contributed by atoms with Gasteiger partial charge in [0.1, 0.15) is 0 Å². The van der Waals surface area contributed by atoms with E-state index in [1.54, 1.807) is 0 Å². The summed E-state index contributed by atoms with van der Waals surface area (Å²) in [5.41, 5.74) is 6.22. The molecule has 2 atom stereocenters. The fourth-order valence-electron chi connectivity index (χ4n) is 2.45. The monoisotopic (exact) mass is 283 g/mol. The third kappa shape index (κ3) is 2.59. The highest BCUT2D eigenvalue weighted by Crippen LogP contribution is 2.44. The lowest BCUT2D eigenvalue weighted by molar-refractivity contribution is 0.382. The molecule has 0 bridgehead atoms. The van der Waals surface area contributed by atoms with Gasteiger partial charge in [-0.05, 0) is 43.4 Å². The number of guanidine groups is 1. The summed E-state index contributed by atoms with van der Waals surface area (Å²) >= 11 is 0. The molecule has 108 valence electrons. The largest absolute Gasteiger partial charge is 0.370 e. The Hall–Kier alpha value is -1.72. The summed E-state index contributed by atoms with van der Waals surface area (Å²) in [6.45, 7) is 0. The fourth-order valence-corrected chi connectivity index (χ4v) is 2.45. The van der Waals surface area contributed by atoms with Crippen LogP contribution in [0, 0.1) is 17.5 Å². The van der Waals surface area contributed by atoms with Crippen molar-refractivity contribution >= 4 is 5.96 Å². The van der Waals surface area contributed by atoms with Crippen molar-refractivity contribution in [2.75, 3.05) is 0 Å². The van der Waals surface area contributed by atoms with Crippen molar-refractivity contribution in [3.05, 3.63) is 35.1 Å². The highest BCUT2D eigenvalue weighted by molar-refractivity contribution is 5.78. The Labute approximate surface area is 115 Å². The van der Waals surface area contributed by atoms with E-state index in [2.05, 4.69) is 10.3 Å². The Morgan fingerprint density at radius 1 is 1.20 bits per heavy atom. The average Bonchev–Trinajstić information content (AvgIpc) is 3.09. The van der Waals surface area contributed by atoms with Crippen LogP contribution >= 0.6 is 0 Å². The molecule has 0 amide bonds. The molecular formula is C14H16F3N3. The van der Waals surface area contributed by atoms with Crippen LogP contribution in [0.25, 0.3) is 0 Å². The van der Waals surface area contributed by atoms with Gasteiger partial charge in [0, 0.05) is 12.0 Å². The predicted octanol–water partition coefficient (Wildman–Crippen LogP) is 2.42. The van der Waals surface area contributed by atoms with Gasteiger partial charge in [-0.2, -0.15) is 0 Å². The van der Waals surface area contributed by atoms with Gasteiger partial charge in [-0.15, -0.1) is 0 Å². The minimum absolute atomic E-state index is 0.0770. The van der Waals surface area contributed by atoms with Crippen LogP contribution in [0.4, 0.5) is 13.2 Å². The Balaban J connectivity index is 1.65. The molecule has 3 nitrogen and oxygen atoms in total. The van der Waals surface area contributed by atoms with Gasteiger partial charge in [0.05, 0.1) is 6.04 Å². The van der Waals surface area contributed by atoms with Crippen LogP contribution in [0.5, 0.6) is 0 Å². The van der Waals surface area contributed by atoms with Crippen LogP contribution in [-0.2, 0) is 0 Å². The van der Waals surface area contributed by atoms with Crippen LogP contribution in [0.15, 0.2) is 17.1 Å². The number of hydrogen-bond donors (Lipinski definition) is 2. The summed E-state index contributed by atoms with van der Waals surface area (Å²) in [5, 5.41) is 3.11. The molecule has 0 unspecified atom stereocenters. The van der Waals surface area contributed by atoms with E-state index in [0.717, 1.165) is 25.0 Å². The molecule has 1 aromatic carbocycles. The molecule has 0 aromatic heterocycles. The van der Waals surface area contributed by atoms with Crippen LogP contribution < -0.4 is 11.1 Å². The molecule has 0 radical (unpaired) electrons. The fraction of sp³-hybridized carbons (Fsp3) is 0.500. The molecule has 2 aliphatic rings. The zero-order valence-corrected chi connectivity index (χ0v) is 10.9. The predicted molar refractivity (Wildman–Crippen MR) is 69.9 cm³/mol. The smallest absolute Gasteiger partial charge is 0.194 e. The van der Waals surface area contributed by atoms with E-state index in [1.165, 1.54) is 6.42 Å². The van der Waals surface area contributed by atoms with E-state index in [9.17, 15) is 13.2 Å². The number of rotatable bonds is 3. The zero-order chi connectivity index (χ0) is 14.3. The molecular weight excluding hydrogens is 267 g/mol. The van der Waals surface area contributed by atoms with E-state index in [1.807, 2.05) is 0 Å². The van der Waals surface area contributed by atoms with Crippen LogP contribution in [0.1, 0.15) is 37.2 Å². The zero-order valence-electron chi connectivity index (χ0n) is 10.9. The summed E-state index contributed by atoms with van der Waals surface area (Å²) in [4.78, 5) is 4.29. The van der Waals surface area contributed by atoms with Crippen LogP contribution in [0.3, 0.4) is 0 Å². The van der Waals surface area contributed by atoms with Gasteiger partial charge in [0.15, 0.2) is 23.4 Å². The Bertz CT molecular complexity index is 532. The van der Waals surface area contributed by atoms with Crippen molar-refractivity contribution in [3.8, 4) is 0 Å². The van der Waals surface area contributed by atoms with Crippen molar-refractivity contribution < 1.29 is 13.2 Å². The summed E-state index contributed by atoms with van der Waals surface area (Å²) < 4.78 is 39.2. The second-order valence-corrected chi connectivity index (χ2v) is 5.49. The minimum Gasteiger partial charge on any atom is -0.370 e. The first-order valence-corrected chi connectivity index (χ1v) is 6.79. The van der Waals surface area contributed by atoms with Crippen molar-refractivity contribution in [2.24, 2.45) is 10.7 Å². The number of hydrogen-bond acceptors (Lipinski definition) is 1. The minimum atomic E-state index is -1.43. The Kier molecular flexibility index (Phi) is 3.31. The molecule has 0 spiro atoms. The van der Waals surface area contributed by atoms with Crippen LogP contribution in [0.2, 0.25) is 0 Å². The molecule has 2 fully saturated rings. The first-order chi connectivity index (χ1) is 9.54. The summed E-state index contributed by atoms with van der Waals surface area (Å²) in [6.07, 6.45) is 4.07. The van der Waals surface area contributed by atoms with E-state index < -0.39 is 17.5 Å². The first-order valence-electron chi connectivity index (χ1n) is 6.79. The van der Waals surface area contributed by atoms with Crippen molar-refractivity contribution in [1.29, 1.82) is 0 Å². The number of aliphatic imine (C=N–C) groups is 1. The molecule has 3 rings (SSSR count). The van der Waals surface area contributed by atoms with Gasteiger partial charge in [0.2, 0.25) is 0 Å². The van der Waals surface area contributed by atoms with Gasteiger partial charge in [0.25, 0.3) is 0 Å². The maximum absolute atomic E-state index is 13.2. The summed E-state index contributed by atoms with van der Waals surface area (Å²) in [6, 6.07) is 2.39. The molecule has 0 aliphatic heterocycles. The summed E-state index contributed by atoms with van der Waals surface area (Å²) in [5.74, 6) is -3.45. The molecule has 0 saturated heterocycles. The lowest BCUT2D eigenvalue weighted by Gasteiger charge is -2.26. The molecule has 2 aliphatic carbocycles. The van der Waals surface area contributed by atoms with Crippen molar-refractivity contribution in [1.82, 2.24) is 5.32 Å². The lowest BCUT2D eigenvalue weighted by Crippen LogP contribution is -2.43. The van der Waals surface area contributed by atoms with Gasteiger partial charge in [-0.25, -0.2) is 18.2 Å². The SMILES string of the molecule is NC(=N[C@@H]1C[C@H]1c1cc(F)c(F)c(F)c1)NC1CCC1. The maximum atomic E-state index is 13.2. The number of nitrogens with zero attached hydrogens (tertiary/aromatic N) is 1. The number of nitrogens with one attached hydrogen (secondary N) is 1. The highest BCUT2D eigenvalue weighted by atomic mass is 19.2. The van der Waals surface area contributed by atoms with E-state index in [0.29, 0.717) is 24.0 Å². The quantitative estimate of drug-likeness (QED) is 0.508. The third-order valence-electron chi connectivity index (χ3n) is 3.95. The van der Waals surface area contributed by atoms with Gasteiger partial charge >= 0.3 is 0 Å². The third-order valence-corrected chi connectivity index (χ3v) is 3.95. The lowest BCUT2D eigenvalue weighted by atomic mass is 9.93. The Morgan fingerprint density at radius 2 is 1.85 bits per heavy atom. The van der Waals surface area contributed by atoms with E-state index >= 15 is 0 Å². The number of halogens is 3. The van der Waals surface area contributed by atoms with Crippen molar-refractivity contribution in [2.45, 2.75) is 43.7 Å². The normalized spacial score (nSPS) is 26.2. The second kappa shape index (κ2) is 5.00. The highest BCUT2D eigenvalue weighted by Gasteiger charge is 2.39. The molecule has 1 aromatic rings. The maximum Gasteiger partial charge on any atom is 0.194 e. The molecule has 0 heterocycles. The first kappa shape index (κ1) is 13.3. The number of nitrogens with two attached hydrogens (primary N) is 1. The average molecular weight is 283 g/mol. The number of benzene rings is 1. The second-order valence-electron chi connectivity index (χ2n) is 5.49. The van der Waals surface area contributed by atoms with Gasteiger partial charge in [-0.1, -0.05) is 0 Å². The molecule has 2 saturated carbocycles. The topological polar surface area (TPSA) is 50.4 Å². The molecule has 6 heteroatoms. The molecule has 3 N–H and O–H groups in total. The summed E-state index contributed by atoms with van der Waals surface area (Å²) in [7, 11) is 0. The Morgan fingerprint density at radius 3 is 2.40 bits per heavy atom.